The SMILES string of the molecule is CC(=O)Nc1nc(C)c(N(c2ccccc2CCc2ccccc2C(=O)O)S(=O)[O-])s1. The summed E-state index contributed by atoms with van der Waals surface area (Å²) in [4.78, 5) is 27.0. The molecule has 0 radical (unpaired) electrons. The number of carboxylic acid groups (broad SMARTS) is 1. The Morgan fingerprint density at radius 3 is 2.39 bits per heavy atom. The number of nitrogens with zero attached hydrogens (tertiary/aromatic N) is 2. The summed E-state index contributed by atoms with van der Waals surface area (Å²) >= 11 is -1.58. The fraction of sp³-hybridized carbons (Fsp3) is 0.190. The highest BCUT2D eigenvalue weighted by molar-refractivity contribution is 7.81. The molecule has 0 aliphatic carbocycles. The molecular weight excluding hydrogens is 438 g/mol. The van der Waals surface area contributed by atoms with Crippen LogP contribution in [0.25, 0.3) is 0 Å². The lowest BCUT2D eigenvalue weighted by Crippen LogP contribution is -2.21. The molecule has 1 amide bonds. The summed E-state index contributed by atoms with van der Waals surface area (Å²) in [6.07, 6.45) is 0.863. The van der Waals surface area contributed by atoms with E-state index in [9.17, 15) is 23.5 Å². The van der Waals surface area contributed by atoms with Crippen molar-refractivity contribution < 1.29 is 23.5 Å². The molecule has 2 N–H and O–H groups in total. The lowest BCUT2D eigenvalue weighted by Gasteiger charge is -2.27. The summed E-state index contributed by atoms with van der Waals surface area (Å²) in [5.74, 6) is -1.30. The highest BCUT2D eigenvalue weighted by Gasteiger charge is 2.21. The van der Waals surface area contributed by atoms with Crippen molar-refractivity contribution in [1.29, 1.82) is 0 Å². The average Bonchev–Trinajstić information content (AvgIpc) is 3.06. The number of rotatable bonds is 8. The topological polar surface area (TPSA) is 123 Å². The molecule has 31 heavy (non-hydrogen) atoms. The number of thiazole rings is 1. The first-order valence-corrected chi connectivity index (χ1v) is 11.2. The monoisotopic (exact) mass is 458 g/mol. The van der Waals surface area contributed by atoms with Crippen molar-refractivity contribution in [3.63, 3.8) is 0 Å². The smallest absolute Gasteiger partial charge is 0.335 e. The molecule has 8 nitrogen and oxygen atoms in total. The molecule has 2 aromatic carbocycles. The van der Waals surface area contributed by atoms with E-state index >= 15 is 0 Å². The normalized spacial score (nSPS) is 11.7. The number of carbonyl (C=O) groups excluding carboxylic acids is 1. The summed E-state index contributed by atoms with van der Waals surface area (Å²) in [7, 11) is 0. The Morgan fingerprint density at radius 1 is 1.13 bits per heavy atom. The predicted molar refractivity (Wildman–Crippen MR) is 119 cm³/mol. The number of hydrogen-bond acceptors (Lipinski definition) is 6. The van der Waals surface area contributed by atoms with Crippen molar-refractivity contribution in [2.24, 2.45) is 0 Å². The van der Waals surface area contributed by atoms with Gasteiger partial charge in [-0.25, -0.2) is 9.78 Å². The molecule has 3 aromatic rings. The highest BCUT2D eigenvalue weighted by atomic mass is 32.2. The molecule has 0 aliphatic heterocycles. The second-order valence-electron chi connectivity index (χ2n) is 6.69. The Hall–Kier alpha value is -3.08. The first-order chi connectivity index (χ1) is 14.8. The fourth-order valence-corrected chi connectivity index (χ4v) is 5.01. The van der Waals surface area contributed by atoms with E-state index in [1.165, 1.54) is 6.92 Å². The van der Waals surface area contributed by atoms with Gasteiger partial charge in [-0.05, 0) is 43.0 Å². The summed E-state index contributed by atoms with van der Waals surface area (Å²) in [6.45, 7) is 3.02. The summed E-state index contributed by atoms with van der Waals surface area (Å²) in [5.41, 5.74) is 2.54. The Labute approximate surface area is 186 Å². The number of aromatic carboxylic acids is 1. The molecule has 1 aromatic heterocycles. The standard InChI is InChI=1S/C21H21N3O5S2/c1-13-19(30-21(22-13)23-14(2)25)24(31(28)29)18-10-6-4-8-16(18)12-11-15-7-3-5-9-17(15)20(26)27/h3-10H,11-12H2,1-2H3,(H,26,27)(H,28,29)(H,22,23,25)/p-1. The molecule has 162 valence electrons. The van der Waals surface area contributed by atoms with Crippen LogP contribution in [-0.4, -0.2) is 30.7 Å². The second-order valence-corrected chi connectivity index (χ2v) is 8.47. The largest absolute Gasteiger partial charge is 0.755 e. The van der Waals surface area contributed by atoms with Crippen LogP contribution >= 0.6 is 11.3 Å². The third kappa shape index (κ3) is 5.35. The van der Waals surface area contributed by atoms with Crippen LogP contribution in [0.4, 0.5) is 15.8 Å². The van der Waals surface area contributed by atoms with Gasteiger partial charge in [0.1, 0.15) is 5.00 Å². The van der Waals surface area contributed by atoms with Crippen molar-refractivity contribution in [3.05, 3.63) is 70.9 Å². The van der Waals surface area contributed by atoms with E-state index in [-0.39, 0.29) is 11.5 Å². The van der Waals surface area contributed by atoms with Crippen LogP contribution in [0.2, 0.25) is 0 Å². The van der Waals surface area contributed by atoms with Gasteiger partial charge in [0.25, 0.3) is 0 Å². The van der Waals surface area contributed by atoms with Gasteiger partial charge >= 0.3 is 5.97 Å². The number of hydrogen-bond donors (Lipinski definition) is 2. The fourth-order valence-electron chi connectivity index (χ4n) is 3.17. The molecule has 1 unspecified atom stereocenters. The highest BCUT2D eigenvalue weighted by Crippen LogP contribution is 2.38. The number of para-hydroxylation sites is 1. The number of amides is 1. The maximum absolute atomic E-state index is 12.2. The van der Waals surface area contributed by atoms with Crippen molar-refractivity contribution >= 4 is 50.3 Å². The van der Waals surface area contributed by atoms with Crippen molar-refractivity contribution in [2.45, 2.75) is 26.7 Å². The van der Waals surface area contributed by atoms with E-state index in [1.807, 2.05) is 6.07 Å². The maximum atomic E-state index is 12.2. The van der Waals surface area contributed by atoms with Crippen LogP contribution in [0.1, 0.15) is 34.1 Å². The first kappa shape index (κ1) is 22.6. The van der Waals surface area contributed by atoms with Gasteiger partial charge in [0.15, 0.2) is 5.13 Å². The van der Waals surface area contributed by atoms with Crippen molar-refractivity contribution in [1.82, 2.24) is 4.98 Å². The minimum atomic E-state index is -2.64. The van der Waals surface area contributed by atoms with Crippen LogP contribution in [-0.2, 0) is 28.9 Å². The summed E-state index contributed by atoms with van der Waals surface area (Å²) < 4.78 is 25.5. The van der Waals surface area contributed by atoms with E-state index in [2.05, 4.69) is 10.3 Å². The number of aryl methyl sites for hydroxylation is 3. The van der Waals surface area contributed by atoms with Crippen LogP contribution in [0.5, 0.6) is 0 Å². The average molecular weight is 459 g/mol. The lowest BCUT2D eigenvalue weighted by molar-refractivity contribution is -0.114. The Kier molecular flexibility index (Phi) is 7.16. The van der Waals surface area contributed by atoms with Crippen molar-refractivity contribution in [2.75, 3.05) is 9.62 Å². The molecule has 1 atom stereocenters. The number of benzene rings is 2. The zero-order valence-electron chi connectivity index (χ0n) is 16.8. The van der Waals surface area contributed by atoms with E-state index in [0.29, 0.717) is 39.9 Å². The van der Waals surface area contributed by atoms with Crippen molar-refractivity contribution in [3.8, 4) is 0 Å². The van der Waals surface area contributed by atoms with Gasteiger partial charge in [-0.2, -0.15) is 0 Å². The van der Waals surface area contributed by atoms with Crippen LogP contribution < -0.4 is 9.62 Å². The molecule has 0 fully saturated rings. The Balaban J connectivity index is 1.95. The summed E-state index contributed by atoms with van der Waals surface area (Å²) in [5, 5.41) is 12.7. The zero-order valence-corrected chi connectivity index (χ0v) is 18.5. The minimum Gasteiger partial charge on any atom is -0.755 e. The molecular formula is C21H20N3O5S2-. The zero-order chi connectivity index (χ0) is 22.5. The van der Waals surface area contributed by atoms with E-state index in [0.717, 1.165) is 21.2 Å². The molecule has 0 saturated carbocycles. The van der Waals surface area contributed by atoms with Gasteiger partial charge in [0, 0.05) is 6.92 Å². The molecule has 0 aliphatic rings. The lowest BCUT2D eigenvalue weighted by atomic mass is 9.99. The van der Waals surface area contributed by atoms with Gasteiger partial charge in [-0.1, -0.05) is 47.7 Å². The molecule has 1 heterocycles. The third-order valence-corrected chi connectivity index (χ3v) is 6.36. The Morgan fingerprint density at radius 2 is 1.74 bits per heavy atom. The first-order valence-electron chi connectivity index (χ1n) is 9.31. The van der Waals surface area contributed by atoms with Crippen LogP contribution in [0.15, 0.2) is 48.5 Å². The van der Waals surface area contributed by atoms with Gasteiger partial charge in [0.2, 0.25) is 5.91 Å². The second kappa shape index (κ2) is 9.82. The maximum Gasteiger partial charge on any atom is 0.335 e. The number of carboxylic acids is 1. The van der Waals surface area contributed by atoms with Gasteiger partial charge in [-0.3, -0.25) is 13.3 Å². The Bertz CT molecular complexity index is 1150. The number of nitrogens with one attached hydrogen (secondary N) is 1. The van der Waals surface area contributed by atoms with E-state index < -0.39 is 17.2 Å². The quantitative estimate of drug-likeness (QED) is 0.495. The molecule has 3 rings (SSSR count). The summed E-state index contributed by atoms with van der Waals surface area (Å²) in [6, 6.07) is 13.8. The van der Waals surface area contributed by atoms with Crippen LogP contribution in [0, 0.1) is 6.92 Å². The minimum absolute atomic E-state index is 0.225. The molecule has 0 spiro atoms. The van der Waals surface area contributed by atoms with Crippen LogP contribution in [0.3, 0.4) is 0 Å². The number of aromatic nitrogens is 1. The van der Waals surface area contributed by atoms with E-state index in [4.69, 9.17) is 0 Å². The van der Waals surface area contributed by atoms with Gasteiger partial charge < -0.3 is 15.0 Å². The number of anilines is 3. The van der Waals surface area contributed by atoms with Gasteiger partial charge in [-0.15, -0.1) is 0 Å². The molecule has 0 bridgehead atoms. The third-order valence-electron chi connectivity index (χ3n) is 4.51. The van der Waals surface area contributed by atoms with E-state index in [1.54, 1.807) is 49.4 Å². The van der Waals surface area contributed by atoms with Gasteiger partial charge in [0.05, 0.1) is 28.2 Å². The molecule has 10 heteroatoms. The number of carbonyl (C=O) groups is 2. The molecule has 0 saturated heterocycles. The predicted octanol–water partition coefficient (Wildman–Crippen LogP) is 3.83.